The molecule has 0 fully saturated rings. The normalized spacial score (nSPS) is 12.9. The summed E-state index contributed by atoms with van der Waals surface area (Å²) >= 11 is 5.90. The van der Waals surface area contributed by atoms with Crippen molar-refractivity contribution in [1.29, 1.82) is 0 Å². The van der Waals surface area contributed by atoms with E-state index < -0.39 is 22.7 Å². The highest BCUT2D eigenvalue weighted by Crippen LogP contribution is 2.23. The van der Waals surface area contributed by atoms with Crippen LogP contribution in [0.2, 0.25) is 5.02 Å². The van der Waals surface area contributed by atoms with Crippen molar-refractivity contribution in [3.05, 3.63) is 89.4 Å². The number of ketones is 1. The highest BCUT2D eigenvalue weighted by atomic mass is 35.5. The minimum atomic E-state index is -1.48. The Balaban J connectivity index is 1.69. The molecule has 29 heavy (non-hydrogen) atoms. The van der Waals surface area contributed by atoms with E-state index in [9.17, 15) is 18.9 Å². The van der Waals surface area contributed by atoms with Gasteiger partial charge in [-0.15, -0.1) is 0 Å². The molecule has 148 valence electrons. The van der Waals surface area contributed by atoms with Crippen LogP contribution in [-0.2, 0) is 15.6 Å². The van der Waals surface area contributed by atoms with Gasteiger partial charge in [-0.25, -0.2) is 0 Å². The van der Waals surface area contributed by atoms with E-state index in [1.807, 2.05) is 24.3 Å². The number of Topliss-reactive ketones (excluding diaryl/α,β-unsaturated/α-hetero) is 1. The summed E-state index contributed by atoms with van der Waals surface area (Å²) < 4.78 is 12.4. The SMILES string of the molecule is O=C(C[C@H](CS(=O)c1ccccc1)C(=O)O)c1ccc(-c2ccc(Cl)cc2)cc1. The molecule has 1 unspecified atom stereocenters. The zero-order valence-electron chi connectivity index (χ0n) is 15.5. The molecular formula is C23H19ClO4S. The van der Waals surface area contributed by atoms with Crippen molar-refractivity contribution < 1.29 is 18.9 Å². The van der Waals surface area contributed by atoms with Gasteiger partial charge in [0.05, 0.1) is 16.7 Å². The van der Waals surface area contributed by atoms with Crippen molar-refractivity contribution in [3.63, 3.8) is 0 Å². The molecule has 0 radical (unpaired) electrons. The van der Waals surface area contributed by atoms with Gasteiger partial charge in [-0.2, -0.15) is 0 Å². The van der Waals surface area contributed by atoms with Gasteiger partial charge in [-0.05, 0) is 35.4 Å². The maximum absolute atomic E-state index is 12.6. The van der Waals surface area contributed by atoms with E-state index in [2.05, 4.69) is 0 Å². The Labute approximate surface area is 176 Å². The van der Waals surface area contributed by atoms with Crippen molar-refractivity contribution in [1.82, 2.24) is 0 Å². The molecule has 4 nitrogen and oxygen atoms in total. The second-order valence-corrected chi connectivity index (χ2v) is 8.50. The van der Waals surface area contributed by atoms with Crippen LogP contribution in [0.3, 0.4) is 0 Å². The van der Waals surface area contributed by atoms with Gasteiger partial charge in [0, 0.05) is 27.7 Å². The number of carbonyl (C=O) groups excluding carboxylic acids is 1. The molecule has 3 aromatic rings. The van der Waals surface area contributed by atoms with Crippen molar-refractivity contribution in [2.75, 3.05) is 5.75 Å². The van der Waals surface area contributed by atoms with Crippen molar-refractivity contribution >= 4 is 34.2 Å². The number of hydrogen-bond acceptors (Lipinski definition) is 3. The van der Waals surface area contributed by atoms with Crippen LogP contribution in [0.4, 0.5) is 0 Å². The Bertz CT molecular complexity index is 1020. The molecule has 3 aromatic carbocycles. The highest BCUT2D eigenvalue weighted by Gasteiger charge is 2.25. The first-order valence-electron chi connectivity index (χ1n) is 8.99. The maximum atomic E-state index is 12.6. The lowest BCUT2D eigenvalue weighted by atomic mass is 9.97. The van der Waals surface area contributed by atoms with E-state index in [0.717, 1.165) is 11.1 Å². The molecule has 0 saturated heterocycles. The van der Waals surface area contributed by atoms with E-state index in [1.54, 1.807) is 54.6 Å². The molecule has 2 atom stereocenters. The number of benzene rings is 3. The first kappa shape index (κ1) is 21.0. The minimum Gasteiger partial charge on any atom is -0.481 e. The molecular weight excluding hydrogens is 408 g/mol. The summed E-state index contributed by atoms with van der Waals surface area (Å²) in [6.45, 7) is 0. The van der Waals surface area contributed by atoms with Crippen LogP contribution in [0.1, 0.15) is 16.8 Å². The fourth-order valence-electron chi connectivity index (χ4n) is 2.90. The van der Waals surface area contributed by atoms with Gasteiger partial charge in [-0.1, -0.05) is 66.2 Å². The van der Waals surface area contributed by atoms with Gasteiger partial charge in [0.1, 0.15) is 0 Å². The first-order chi connectivity index (χ1) is 13.9. The van der Waals surface area contributed by atoms with Crippen molar-refractivity contribution in [2.24, 2.45) is 5.92 Å². The molecule has 0 aliphatic heterocycles. The molecule has 0 saturated carbocycles. The van der Waals surface area contributed by atoms with Crippen LogP contribution < -0.4 is 0 Å². The standard InChI is InChI=1S/C23H19ClO4S/c24-20-12-10-17(11-13-20)16-6-8-18(9-7-16)22(25)14-19(23(26)27)15-29(28)21-4-2-1-3-5-21/h1-13,19H,14-15H2,(H,26,27)/t19-,29?/m1/s1. The summed E-state index contributed by atoms with van der Waals surface area (Å²) in [5, 5.41) is 10.1. The van der Waals surface area contributed by atoms with E-state index in [-0.39, 0.29) is 18.0 Å². The third-order valence-electron chi connectivity index (χ3n) is 4.52. The lowest BCUT2D eigenvalue weighted by Crippen LogP contribution is -2.24. The van der Waals surface area contributed by atoms with Crippen molar-refractivity contribution in [3.8, 4) is 11.1 Å². The Morgan fingerprint density at radius 3 is 1.97 bits per heavy atom. The number of halogens is 1. The predicted octanol–water partition coefficient (Wildman–Crippen LogP) is 5.09. The number of hydrogen-bond donors (Lipinski definition) is 1. The quantitative estimate of drug-likeness (QED) is 0.509. The number of carboxylic acid groups (broad SMARTS) is 1. The first-order valence-corrected chi connectivity index (χ1v) is 10.7. The number of rotatable bonds is 8. The van der Waals surface area contributed by atoms with Crippen LogP contribution in [0.25, 0.3) is 11.1 Å². The minimum absolute atomic E-state index is 0.103. The fraction of sp³-hybridized carbons (Fsp3) is 0.130. The average Bonchev–Trinajstić information content (AvgIpc) is 2.74. The molecule has 0 heterocycles. The highest BCUT2D eigenvalue weighted by molar-refractivity contribution is 7.85. The molecule has 0 aliphatic carbocycles. The second-order valence-electron chi connectivity index (χ2n) is 6.57. The van der Waals surface area contributed by atoms with Gasteiger partial charge >= 0.3 is 5.97 Å². The van der Waals surface area contributed by atoms with Gasteiger partial charge in [0.25, 0.3) is 0 Å². The third kappa shape index (κ3) is 5.62. The summed E-state index contributed by atoms with van der Waals surface area (Å²) in [6.07, 6.45) is -0.200. The lowest BCUT2D eigenvalue weighted by molar-refractivity contribution is -0.140. The Morgan fingerprint density at radius 1 is 0.862 bits per heavy atom. The Kier molecular flexibility index (Phi) is 6.96. The number of aliphatic carboxylic acids is 1. The summed E-state index contributed by atoms with van der Waals surface area (Å²) in [7, 11) is -1.48. The fourth-order valence-corrected chi connectivity index (χ4v) is 4.31. The molecule has 6 heteroatoms. The largest absolute Gasteiger partial charge is 0.481 e. The predicted molar refractivity (Wildman–Crippen MR) is 115 cm³/mol. The van der Waals surface area contributed by atoms with Gasteiger partial charge in [0.2, 0.25) is 0 Å². The smallest absolute Gasteiger partial charge is 0.307 e. The van der Waals surface area contributed by atoms with E-state index >= 15 is 0 Å². The molecule has 0 amide bonds. The van der Waals surface area contributed by atoms with Crippen LogP contribution in [0.5, 0.6) is 0 Å². The molecule has 0 bridgehead atoms. The Morgan fingerprint density at radius 2 is 1.41 bits per heavy atom. The molecule has 0 aromatic heterocycles. The summed E-state index contributed by atoms with van der Waals surface area (Å²) in [4.78, 5) is 24.7. The summed E-state index contributed by atoms with van der Waals surface area (Å²) in [5.41, 5.74) is 2.33. The van der Waals surface area contributed by atoms with E-state index in [4.69, 9.17) is 11.6 Å². The van der Waals surface area contributed by atoms with E-state index in [1.165, 1.54) is 0 Å². The molecule has 1 N–H and O–H groups in total. The topological polar surface area (TPSA) is 71.4 Å². The third-order valence-corrected chi connectivity index (χ3v) is 6.28. The zero-order valence-corrected chi connectivity index (χ0v) is 17.0. The molecule has 3 rings (SSSR count). The Hall–Kier alpha value is -2.76. The number of carbonyl (C=O) groups is 2. The van der Waals surface area contributed by atoms with Crippen LogP contribution in [0, 0.1) is 5.92 Å². The van der Waals surface area contributed by atoms with Crippen LogP contribution in [0.15, 0.2) is 83.8 Å². The monoisotopic (exact) mass is 426 g/mol. The van der Waals surface area contributed by atoms with Gasteiger partial charge in [-0.3, -0.25) is 13.8 Å². The second kappa shape index (κ2) is 9.63. The van der Waals surface area contributed by atoms with Crippen molar-refractivity contribution in [2.45, 2.75) is 11.3 Å². The summed E-state index contributed by atoms with van der Waals surface area (Å²) in [5.74, 6) is -2.53. The van der Waals surface area contributed by atoms with Crippen LogP contribution in [-0.4, -0.2) is 26.8 Å². The van der Waals surface area contributed by atoms with Crippen LogP contribution >= 0.6 is 11.6 Å². The average molecular weight is 427 g/mol. The maximum Gasteiger partial charge on any atom is 0.307 e. The molecule has 0 spiro atoms. The van der Waals surface area contributed by atoms with E-state index in [0.29, 0.717) is 15.5 Å². The van der Waals surface area contributed by atoms with Gasteiger partial charge < -0.3 is 5.11 Å². The summed E-state index contributed by atoms with van der Waals surface area (Å²) in [6, 6.07) is 23.0. The molecule has 0 aliphatic rings. The number of carboxylic acids is 1. The van der Waals surface area contributed by atoms with Gasteiger partial charge in [0.15, 0.2) is 5.78 Å². The lowest BCUT2D eigenvalue weighted by Gasteiger charge is -2.12. The zero-order chi connectivity index (χ0) is 20.8.